The van der Waals surface area contributed by atoms with Gasteiger partial charge in [-0.2, -0.15) is 5.10 Å². The molecule has 3 aromatic rings. The van der Waals surface area contributed by atoms with Crippen molar-refractivity contribution in [2.24, 2.45) is 0 Å². The van der Waals surface area contributed by atoms with E-state index in [9.17, 15) is 4.79 Å². The van der Waals surface area contributed by atoms with Gasteiger partial charge in [-0.05, 0) is 38.5 Å². The zero-order chi connectivity index (χ0) is 17.3. The van der Waals surface area contributed by atoms with E-state index in [0.29, 0.717) is 11.3 Å². The number of methoxy groups -OCH3 is 1. The molecule has 0 fully saturated rings. The highest BCUT2D eigenvalue weighted by Crippen LogP contribution is 2.29. The molecule has 0 radical (unpaired) electrons. The summed E-state index contributed by atoms with van der Waals surface area (Å²) in [5, 5.41) is 12.8. The molecule has 0 atom stereocenters. The fourth-order valence-corrected chi connectivity index (χ4v) is 2.59. The Kier molecular flexibility index (Phi) is 4.16. The molecule has 0 spiro atoms. The van der Waals surface area contributed by atoms with Gasteiger partial charge in [0.2, 0.25) is 0 Å². The summed E-state index contributed by atoms with van der Waals surface area (Å²) in [6, 6.07) is 7.65. The first kappa shape index (κ1) is 15.9. The van der Waals surface area contributed by atoms with Gasteiger partial charge in [-0.1, -0.05) is 12.1 Å². The highest BCUT2D eigenvalue weighted by Gasteiger charge is 2.20. The standard InChI is InChI=1S/C17H18N4O3/c1-5-24-17(22)15-11(3)21-16(19-18-15)14(10(2)20-21)12-6-8-13(23-4)9-7-12/h6-9H,5H2,1-4H3. The van der Waals surface area contributed by atoms with E-state index in [2.05, 4.69) is 15.3 Å². The fourth-order valence-electron chi connectivity index (χ4n) is 2.59. The summed E-state index contributed by atoms with van der Waals surface area (Å²) < 4.78 is 11.8. The molecule has 7 nitrogen and oxygen atoms in total. The quantitative estimate of drug-likeness (QED) is 0.686. The van der Waals surface area contributed by atoms with E-state index in [4.69, 9.17) is 9.47 Å². The smallest absolute Gasteiger partial charge is 0.360 e. The number of benzene rings is 1. The first-order valence-corrected chi connectivity index (χ1v) is 7.61. The second kappa shape index (κ2) is 6.27. The molecule has 0 bridgehead atoms. The van der Waals surface area contributed by atoms with Crippen LogP contribution in [0, 0.1) is 13.8 Å². The Morgan fingerprint density at radius 1 is 1.17 bits per heavy atom. The first-order chi connectivity index (χ1) is 11.6. The van der Waals surface area contributed by atoms with Crippen molar-refractivity contribution < 1.29 is 14.3 Å². The lowest BCUT2D eigenvalue weighted by molar-refractivity contribution is 0.0516. The van der Waals surface area contributed by atoms with Crippen molar-refractivity contribution in [1.82, 2.24) is 19.8 Å². The predicted molar refractivity (Wildman–Crippen MR) is 88.2 cm³/mol. The summed E-state index contributed by atoms with van der Waals surface area (Å²) in [7, 11) is 1.63. The predicted octanol–water partition coefficient (Wildman–Crippen LogP) is 2.59. The number of carbonyl (C=O) groups excluding carboxylic acids is 1. The van der Waals surface area contributed by atoms with E-state index in [1.54, 1.807) is 25.5 Å². The van der Waals surface area contributed by atoms with Crippen LogP contribution in [-0.4, -0.2) is 39.5 Å². The zero-order valence-electron chi connectivity index (χ0n) is 14.0. The van der Waals surface area contributed by atoms with E-state index in [-0.39, 0.29) is 12.3 Å². The second-order valence-electron chi connectivity index (χ2n) is 5.28. The number of hydrogen-bond acceptors (Lipinski definition) is 6. The van der Waals surface area contributed by atoms with E-state index < -0.39 is 5.97 Å². The third kappa shape index (κ3) is 2.58. The Hall–Kier alpha value is -2.96. The van der Waals surface area contributed by atoms with Gasteiger partial charge in [0.05, 0.1) is 30.7 Å². The van der Waals surface area contributed by atoms with E-state index in [1.807, 2.05) is 31.2 Å². The minimum atomic E-state index is -0.497. The molecule has 7 heteroatoms. The Balaban J connectivity index is 2.15. The maximum absolute atomic E-state index is 12.0. The molecule has 2 heterocycles. The average molecular weight is 326 g/mol. The Morgan fingerprint density at radius 3 is 2.50 bits per heavy atom. The number of carbonyl (C=O) groups is 1. The summed E-state index contributed by atoms with van der Waals surface area (Å²) in [6.07, 6.45) is 0. The van der Waals surface area contributed by atoms with E-state index >= 15 is 0 Å². The van der Waals surface area contributed by atoms with Crippen molar-refractivity contribution in [3.63, 3.8) is 0 Å². The van der Waals surface area contributed by atoms with Crippen LogP contribution in [0.3, 0.4) is 0 Å². The molecule has 2 aromatic heterocycles. The zero-order valence-corrected chi connectivity index (χ0v) is 14.0. The highest BCUT2D eigenvalue weighted by atomic mass is 16.5. The molecule has 0 saturated carbocycles. The minimum Gasteiger partial charge on any atom is -0.497 e. The number of ether oxygens (including phenoxy) is 2. The molecule has 0 N–H and O–H groups in total. The molecule has 24 heavy (non-hydrogen) atoms. The van der Waals surface area contributed by atoms with Gasteiger partial charge in [-0.25, -0.2) is 9.31 Å². The van der Waals surface area contributed by atoms with Crippen LogP contribution < -0.4 is 4.74 Å². The van der Waals surface area contributed by atoms with Crippen LogP contribution in [0.25, 0.3) is 16.8 Å². The highest BCUT2D eigenvalue weighted by molar-refractivity contribution is 5.89. The molecule has 0 unspecified atom stereocenters. The number of hydrogen-bond donors (Lipinski definition) is 0. The van der Waals surface area contributed by atoms with Crippen molar-refractivity contribution in [3.05, 3.63) is 41.3 Å². The topological polar surface area (TPSA) is 78.6 Å². The monoisotopic (exact) mass is 326 g/mol. The summed E-state index contributed by atoms with van der Waals surface area (Å²) in [5.41, 5.74) is 4.01. The minimum absolute atomic E-state index is 0.174. The van der Waals surface area contributed by atoms with Gasteiger partial charge in [0.1, 0.15) is 5.75 Å². The Labute approximate surface area is 139 Å². The molecular formula is C17H18N4O3. The lowest BCUT2D eigenvalue weighted by Gasteiger charge is -2.06. The lowest BCUT2D eigenvalue weighted by Crippen LogP contribution is -2.14. The molecule has 0 aliphatic heterocycles. The van der Waals surface area contributed by atoms with Crippen molar-refractivity contribution in [2.45, 2.75) is 20.8 Å². The average Bonchev–Trinajstić information content (AvgIpc) is 2.92. The first-order valence-electron chi connectivity index (χ1n) is 7.61. The SMILES string of the molecule is CCOC(=O)c1nnc2c(-c3ccc(OC)cc3)c(C)nn2c1C. The second-order valence-corrected chi connectivity index (χ2v) is 5.28. The molecule has 0 aliphatic rings. The summed E-state index contributed by atoms with van der Waals surface area (Å²) >= 11 is 0. The van der Waals surface area contributed by atoms with Gasteiger partial charge in [0.15, 0.2) is 11.3 Å². The molecule has 0 amide bonds. The lowest BCUT2D eigenvalue weighted by atomic mass is 10.1. The van der Waals surface area contributed by atoms with Crippen molar-refractivity contribution >= 4 is 11.6 Å². The maximum atomic E-state index is 12.0. The van der Waals surface area contributed by atoms with Gasteiger partial charge >= 0.3 is 5.97 Å². The normalized spacial score (nSPS) is 10.8. The third-order valence-corrected chi connectivity index (χ3v) is 3.79. The molecule has 1 aromatic carbocycles. The maximum Gasteiger partial charge on any atom is 0.360 e. The Bertz CT molecular complexity index is 900. The summed E-state index contributed by atoms with van der Waals surface area (Å²) in [5.74, 6) is 0.281. The number of aryl methyl sites for hydroxylation is 2. The molecule has 3 rings (SSSR count). The van der Waals surface area contributed by atoms with Crippen LogP contribution in [-0.2, 0) is 4.74 Å². The number of aromatic nitrogens is 4. The van der Waals surface area contributed by atoms with Gasteiger partial charge in [0, 0.05) is 0 Å². The van der Waals surface area contributed by atoms with Crippen LogP contribution in [0.5, 0.6) is 5.75 Å². The van der Waals surface area contributed by atoms with Gasteiger partial charge in [0.25, 0.3) is 0 Å². The largest absolute Gasteiger partial charge is 0.497 e. The number of esters is 1. The third-order valence-electron chi connectivity index (χ3n) is 3.79. The van der Waals surface area contributed by atoms with Gasteiger partial charge in [-0.15, -0.1) is 10.2 Å². The van der Waals surface area contributed by atoms with E-state index in [0.717, 1.165) is 22.6 Å². The molecule has 0 saturated heterocycles. The molecule has 124 valence electrons. The number of rotatable bonds is 4. The van der Waals surface area contributed by atoms with Crippen LogP contribution >= 0.6 is 0 Å². The molecular weight excluding hydrogens is 308 g/mol. The number of fused-ring (bicyclic) bond motifs is 1. The Morgan fingerprint density at radius 2 is 1.88 bits per heavy atom. The van der Waals surface area contributed by atoms with Crippen LogP contribution in [0.2, 0.25) is 0 Å². The van der Waals surface area contributed by atoms with Gasteiger partial charge < -0.3 is 9.47 Å². The molecule has 0 aliphatic carbocycles. The van der Waals surface area contributed by atoms with Crippen LogP contribution in [0.1, 0.15) is 28.8 Å². The van der Waals surface area contributed by atoms with E-state index in [1.165, 1.54) is 0 Å². The number of nitrogens with zero attached hydrogens (tertiary/aromatic N) is 4. The van der Waals surface area contributed by atoms with Crippen molar-refractivity contribution in [2.75, 3.05) is 13.7 Å². The van der Waals surface area contributed by atoms with Crippen LogP contribution in [0.4, 0.5) is 0 Å². The van der Waals surface area contributed by atoms with Crippen LogP contribution in [0.15, 0.2) is 24.3 Å². The van der Waals surface area contributed by atoms with Gasteiger partial charge in [-0.3, -0.25) is 0 Å². The summed E-state index contributed by atoms with van der Waals surface area (Å²) in [4.78, 5) is 12.0. The fraction of sp³-hybridized carbons (Fsp3) is 0.294. The van der Waals surface area contributed by atoms with Crippen molar-refractivity contribution in [1.29, 1.82) is 0 Å². The van der Waals surface area contributed by atoms with Crippen molar-refractivity contribution in [3.8, 4) is 16.9 Å². The summed E-state index contributed by atoms with van der Waals surface area (Å²) in [6.45, 7) is 5.71.